The molecule has 0 radical (unpaired) electrons. The lowest BCUT2D eigenvalue weighted by molar-refractivity contribution is 0.729. The summed E-state index contributed by atoms with van der Waals surface area (Å²) in [4.78, 5) is 12.3. The van der Waals surface area contributed by atoms with Crippen LogP contribution in [0.25, 0.3) is 10.9 Å². The van der Waals surface area contributed by atoms with E-state index < -0.39 is 0 Å². The minimum Gasteiger partial charge on any atom is -0.371 e. The third-order valence-corrected chi connectivity index (χ3v) is 5.73. The molecule has 0 saturated carbocycles. The van der Waals surface area contributed by atoms with Crippen LogP contribution in [-0.4, -0.2) is 36.6 Å². The van der Waals surface area contributed by atoms with Gasteiger partial charge in [-0.25, -0.2) is 0 Å². The number of nitrogens with one attached hydrogen (secondary N) is 2. The number of aromatic nitrogens is 2. The third-order valence-electron chi connectivity index (χ3n) is 5.73. The molecule has 2 aromatic carbocycles. The quantitative estimate of drug-likeness (QED) is 0.519. The first-order valence-corrected chi connectivity index (χ1v) is 10.1. The number of rotatable bonds is 5. The molecule has 0 amide bonds. The summed E-state index contributed by atoms with van der Waals surface area (Å²) in [6.07, 6.45) is 6.80. The fourth-order valence-corrected chi connectivity index (χ4v) is 4.11. The molecular formula is C24H25N5. The molecule has 0 spiro atoms. The van der Waals surface area contributed by atoms with Crippen LogP contribution < -0.4 is 15.1 Å². The first-order valence-electron chi connectivity index (χ1n) is 10.1. The van der Waals surface area contributed by atoms with E-state index in [-0.39, 0.29) is 0 Å². The normalized spacial score (nSPS) is 13.6. The van der Waals surface area contributed by atoms with Crippen molar-refractivity contribution >= 4 is 33.7 Å². The van der Waals surface area contributed by atoms with Gasteiger partial charge in [0.2, 0.25) is 0 Å². The van der Waals surface area contributed by atoms with E-state index >= 15 is 0 Å². The molecule has 5 heteroatoms. The Morgan fingerprint density at radius 3 is 2.72 bits per heavy atom. The van der Waals surface area contributed by atoms with Gasteiger partial charge < -0.3 is 20.1 Å². The zero-order valence-electron chi connectivity index (χ0n) is 16.6. The minimum atomic E-state index is 1.01. The van der Waals surface area contributed by atoms with Gasteiger partial charge in [-0.15, -0.1) is 0 Å². The summed E-state index contributed by atoms with van der Waals surface area (Å²) >= 11 is 0. The molecule has 146 valence electrons. The molecule has 0 unspecified atom stereocenters. The van der Waals surface area contributed by atoms with Gasteiger partial charge in [-0.3, -0.25) is 4.98 Å². The highest BCUT2D eigenvalue weighted by molar-refractivity contribution is 5.83. The van der Waals surface area contributed by atoms with Gasteiger partial charge in [0.25, 0.3) is 0 Å². The SMILES string of the molecule is CN1CCN(CCc2c[nH]c3ccccc23)c2ccc(Nc3ccncc3)cc21. The molecule has 5 rings (SSSR count). The molecule has 29 heavy (non-hydrogen) atoms. The summed E-state index contributed by atoms with van der Waals surface area (Å²) in [6.45, 7) is 3.09. The van der Waals surface area contributed by atoms with E-state index in [1.54, 1.807) is 12.4 Å². The fourth-order valence-electron chi connectivity index (χ4n) is 4.11. The van der Waals surface area contributed by atoms with Crippen LogP contribution in [-0.2, 0) is 6.42 Å². The highest BCUT2D eigenvalue weighted by Gasteiger charge is 2.21. The van der Waals surface area contributed by atoms with Gasteiger partial charge >= 0.3 is 0 Å². The van der Waals surface area contributed by atoms with Crippen molar-refractivity contribution < 1.29 is 0 Å². The molecule has 2 N–H and O–H groups in total. The summed E-state index contributed by atoms with van der Waals surface area (Å²) in [7, 11) is 2.17. The highest BCUT2D eigenvalue weighted by Crippen LogP contribution is 2.35. The predicted octanol–water partition coefficient (Wildman–Crippen LogP) is 4.81. The monoisotopic (exact) mass is 383 g/mol. The van der Waals surface area contributed by atoms with Crippen LogP contribution in [0.3, 0.4) is 0 Å². The van der Waals surface area contributed by atoms with E-state index in [1.807, 2.05) is 12.1 Å². The maximum atomic E-state index is 4.08. The van der Waals surface area contributed by atoms with Gasteiger partial charge in [0.1, 0.15) is 0 Å². The molecule has 0 aliphatic carbocycles. The Balaban J connectivity index is 1.36. The molecule has 0 saturated heterocycles. The van der Waals surface area contributed by atoms with Crippen LogP contribution in [0, 0.1) is 0 Å². The lowest BCUT2D eigenvalue weighted by Gasteiger charge is -2.37. The van der Waals surface area contributed by atoms with Crippen LogP contribution in [0.5, 0.6) is 0 Å². The van der Waals surface area contributed by atoms with Crippen LogP contribution >= 0.6 is 0 Å². The molecule has 1 aliphatic heterocycles. The molecule has 4 aromatic rings. The Kier molecular flexibility index (Phi) is 4.56. The summed E-state index contributed by atoms with van der Waals surface area (Å²) in [5, 5.41) is 4.81. The molecular weight excluding hydrogens is 358 g/mol. The van der Waals surface area contributed by atoms with Crippen molar-refractivity contribution in [2.75, 3.05) is 41.8 Å². The van der Waals surface area contributed by atoms with Crippen molar-refractivity contribution in [3.05, 3.63) is 78.8 Å². The zero-order valence-corrected chi connectivity index (χ0v) is 16.6. The van der Waals surface area contributed by atoms with Crippen LogP contribution in [0.2, 0.25) is 0 Å². The van der Waals surface area contributed by atoms with E-state index in [2.05, 4.69) is 80.8 Å². The largest absolute Gasteiger partial charge is 0.371 e. The topological polar surface area (TPSA) is 47.2 Å². The number of hydrogen-bond donors (Lipinski definition) is 2. The van der Waals surface area contributed by atoms with E-state index in [4.69, 9.17) is 0 Å². The second-order valence-corrected chi connectivity index (χ2v) is 7.58. The number of fused-ring (bicyclic) bond motifs is 2. The Morgan fingerprint density at radius 2 is 1.83 bits per heavy atom. The van der Waals surface area contributed by atoms with Gasteiger partial charge in [0, 0.05) is 67.6 Å². The number of hydrogen-bond acceptors (Lipinski definition) is 4. The van der Waals surface area contributed by atoms with Crippen molar-refractivity contribution in [2.24, 2.45) is 0 Å². The lowest BCUT2D eigenvalue weighted by atomic mass is 10.1. The van der Waals surface area contributed by atoms with Crippen LogP contribution in [0.4, 0.5) is 22.7 Å². The second kappa shape index (κ2) is 7.51. The molecule has 5 nitrogen and oxygen atoms in total. The average molecular weight is 383 g/mol. The lowest BCUT2D eigenvalue weighted by Crippen LogP contribution is -2.40. The van der Waals surface area contributed by atoms with Crippen molar-refractivity contribution in [3.8, 4) is 0 Å². The molecule has 3 heterocycles. The zero-order chi connectivity index (χ0) is 19.6. The van der Waals surface area contributed by atoms with Gasteiger partial charge in [-0.05, 0) is 48.4 Å². The maximum absolute atomic E-state index is 4.08. The number of pyridine rings is 1. The number of nitrogens with zero attached hydrogens (tertiary/aromatic N) is 3. The first kappa shape index (κ1) is 17.6. The van der Waals surface area contributed by atoms with E-state index in [0.29, 0.717) is 0 Å². The Bertz CT molecular complexity index is 1120. The van der Waals surface area contributed by atoms with Crippen molar-refractivity contribution in [1.82, 2.24) is 9.97 Å². The summed E-state index contributed by atoms with van der Waals surface area (Å²) in [6, 6.07) is 19.2. The standard InChI is InChI=1S/C24H25N5/c1-28-14-15-29(13-10-18-17-26-22-5-3-2-4-21(18)22)23-7-6-20(16-24(23)28)27-19-8-11-25-12-9-19/h2-9,11-12,16-17,26H,10,13-15H2,1H3,(H,25,27). The average Bonchev–Trinajstić information content (AvgIpc) is 3.17. The van der Waals surface area contributed by atoms with Gasteiger partial charge in [-0.1, -0.05) is 18.2 Å². The van der Waals surface area contributed by atoms with Crippen LogP contribution in [0.15, 0.2) is 73.2 Å². The van der Waals surface area contributed by atoms with E-state index in [9.17, 15) is 0 Å². The van der Waals surface area contributed by atoms with E-state index in [1.165, 1.54) is 27.8 Å². The summed E-state index contributed by atoms with van der Waals surface area (Å²) < 4.78 is 0. The molecule has 1 aliphatic rings. The smallest absolute Gasteiger partial charge is 0.0622 e. The Labute approximate surface area is 171 Å². The van der Waals surface area contributed by atoms with E-state index in [0.717, 1.165) is 37.4 Å². The number of aromatic amines is 1. The Morgan fingerprint density at radius 1 is 0.966 bits per heavy atom. The highest BCUT2D eigenvalue weighted by atomic mass is 15.2. The van der Waals surface area contributed by atoms with Crippen molar-refractivity contribution in [1.29, 1.82) is 0 Å². The van der Waals surface area contributed by atoms with Gasteiger partial charge in [0.05, 0.1) is 11.4 Å². The minimum absolute atomic E-state index is 1.01. The molecule has 2 aromatic heterocycles. The third kappa shape index (κ3) is 3.51. The number of H-pyrrole nitrogens is 1. The number of benzene rings is 2. The fraction of sp³-hybridized carbons (Fsp3) is 0.208. The van der Waals surface area contributed by atoms with Crippen molar-refractivity contribution in [3.63, 3.8) is 0 Å². The first-order chi connectivity index (χ1) is 14.3. The van der Waals surface area contributed by atoms with Crippen molar-refractivity contribution in [2.45, 2.75) is 6.42 Å². The summed E-state index contributed by atoms with van der Waals surface area (Å²) in [5.41, 5.74) is 7.33. The molecule has 0 bridgehead atoms. The Hall–Kier alpha value is -3.47. The molecule has 0 fully saturated rings. The summed E-state index contributed by atoms with van der Waals surface area (Å²) in [5.74, 6) is 0. The predicted molar refractivity (Wildman–Crippen MR) is 121 cm³/mol. The van der Waals surface area contributed by atoms with Crippen LogP contribution in [0.1, 0.15) is 5.56 Å². The second-order valence-electron chi connectivity index (χ2n) is 7.58. The van der Waals surface area contributed by atoms with Gasteiger partial charge in [-0.2, -0.15) is 0 Å². The maximum Gasteiger partial charge on any atom is 0.0622 e. The van der Waals surface area contributed by atoms with Gasteiger partial charge in [0.15, 0.2) is 0 Å². The number of likely N-dealkylation sites (N-methyl/N-ethyl adjacent to an activating group) is 1. The molecule has 0 atom stereocenters. The number of anilines is 4. The number of para-hydroxylation sites is 1.